The van der Waals surface area contributed by atoms with Crippen LogP contribution < -0.4 is 10.6 Å². The molecule has 0 radical (unpaired) electrons. The van der Waals surface area contributed by atoms with Gasteiger partial charge >= 0.3 is 0 Å². The van der Waals surface area contributed by atoms with E-state index in [1.165, 1.54) is 0 Å². The van der Waals surface area contributed by atoms with Crippen LogP contribution in [0, 0.1) is 5.41 Å². The predicted molar refractivity (Wildman–Crippen MR) is 98.7 cm³/mol. The molecule has 0 aliphatic carbocycles. The van der Waals surface area contributed by atoms with Crippen LogP contribution in [0.15, 0.2) is 4.99 Å². The van der Waals surface area contributed by atoms with Gasteiger partial charge in [0, 0.05) is 63.7 Å². The Morgan fingerprint density at radius 3 is 2.92 bits per heavy atom. The maximum absolute atomic E-state index is 11.7. The third-order valence-electron chi connectivity index (χ3n) is 5.85. The SMILES string of the molecule is CN=C(NCCN1CCOCC1(C)C)N1CCCC2(CNC(=O)C2)C1. The average molecular weight is 351 g/mol. The summed E-state index contributed by atoms with van der Waals surface area (Å²) in [6, 6.07) is 0. The summed E-state index contributed by atoms with van der Waals surface area (Å²) >= 11 is 0. The summed E-state index contributed by atoms with van der Waals surface area (Å²) in [6.45, 7) is 11.6. The van der Waals surface area contributed by atoms with Crippen LogP contribution in [0.5, 0.6) is 0 Å². The minimum Gasteiger partial charge on any atom is -0.378 e. The number of carbonyl (C=O) groups is 1. The minimum atomic E-state index is 0.0918. The van der Waals surface area contributed by atoms with Crippen molar-refractivity contribution in [2.45, 2.75) is 38.6 Å². The number of nitrogens with one attached hydrogen (secondary N) is 2. The number of hydrogen-bond donors (Lipinski definition) is 2. The molecule has 0 aromatic rings. The molecule has 3 fully saturated rings. The molecule has 3 aliphatic heterocycles. The lowest BCUT2D eigenvalue weighted by molar-refractivity contribution is -0.119. The van der Waals surface area contributed by atoms with E-state index in [1.54, 1.807) is 0 Å². The summed E-state index contributed by atoms with van der Waals surface area (Å²) < 4.78 is 5.59. The summed E-state index contributed by atoms with van der Waals surface area (Å²) in [6.07, 6.45) is 2.90. The molecule has 25 heavy (non-hydrogen) atoms. The number of likely N-dealkylation sites (tertiary alicyclic amines) is 1. The van der Waals surface area contributed by atoms with Crippen molar-refractivity contribution in [1.29, 1.82) is 0 Å². The van der Waals surface area contributed by atoms with Gasteiger partial charge in [0.05, 0.1) is 13.2 Å². The highest BCUT2D eigenvalue weighted by molar-refractivity contribution is 5.81. The summed E-state index contributed by atoms with van der Waals surface area (Å²) in [5.74, 6) is 1.16. The van der Waals surface area contributed by atoms with Gasteiger partial charge < -0.3 is 20.3 Å². The second-order valence-corrected chi connectivity index (χ2v) is 8.30. The molecule has 142 valence electrons. The highest BCUT2D eigenvalue weighted by atomic mass is 16.5. The zero-order chi connectivity index (χ0) is 17.9. The molecular formula is C18H33N5O2. The van der Waals surface area contributed by atoms with Gasteiger partial charge in [-0.15, -0.1) is 0 Å². The zero-order valence-corrected chi connectivity index (χ0v) is 15.9. The van der Waals surface area contributed by atoms with Gasteiger partial charge in [0.2, 0.25) is 5.91 Å². The molecule has 3 aliphatic rings. The van der Waals surface area contributed by atoms with Crippen LogP contribution >= 0.6 is 0 Å². The number of aliphatic imine (C=N–C) groups is 1. The van der Waals surface area contributed by atoms with E-state index in [2.05, 4.69) is 39.3 Å². The Hall–Kier alpha value is -1.34. The number of rotatable bonds is 3. The fraction of sp³-hybridized carbons (Fsp3) is 0.889. The largest absolute Gasteiger partial charge is 0.378 e. The van der Waals surface area contributed by atoms with Crippen molar-refractivity contribution in [1.82, 2.24) is 20.4 Å². The molecule has 0 aromatic heterocycles. The lowest BCUT2D eigenvalue weighted by atomic mass is 9.79. The molecule has 3 rings (SSSR count). The van der Waals surface area contributed by atoms with E-state index in [0.29, 0.717) is 6.42 Å². The Labute approximate surface area is 151 Å². The first-order valence-electron chi connectivity index (χ1n) is 9.49. The molecule has 0 saturated carbocycles. The third kappa shape index (κ3) is 4.26. The molecule has 1 amide bonds. The Kier molecular flexibility index (Phi) is 5.53. The molecule has 7 nitrogen and oxygen atoms in total. The lowest BCUT2D eigenvalue weighted by Gasteiger charge is -2.43. The Morgan fingerprint density at radius 1 is 1.40 bits per heavy atom. The number of amides is 1. The third-order valence-corrected chi connectivity index (χ3v) is 5.85. The molecule has 0 aromatic carbocycles. The molecule has 7 heteroatoms. The van der Waals surface area contributed by atoms with Gasteiger partial charge in [0.15, 0.2) is 5.96 Å². The summed E-state index contributed by atoms with van der Waals surface area (Å²) in [7, 11) is 1.85. The van der Waals surface area contributed by atoms with Gasteiger partial charge in [-0.1, -0.05) is 0 Å². The van der Waals surface area contributed by atoms with E-state index >= 15 is 0 Å². The Balaban J connectivity index is 1.51. The van der Waals surface area contributed by atoms with Crippen LogP contribution in [-0.2, 0) is 9.53 Å². The minimum absolute atomic E-state index is 0.0918. The fourth-order valence-electron chi connectivity index (χ4n) is 4.37. The molecular weight excluding hydrogens is 318 g/mol. The fourth-order valence-corrected chi connectivity index (χ4v) is 4.37. The molecule has 3 heterocycles. The maximum atomic E-state index is 11.7. The Bertz CT molecular complexity index is 522. The highest BCUT2D eigenvalue weighted by Crippen LogP contribution is 2.35. The summed E-state index contributed by atoms with van der Waals surface area (Å²) in [5.41, 5.74) is 0.188. The normalized spacial score (nSPS) is 30.6. The zero-order valence-electron chi connectivity index (χ0n) is 15.9. The predicted octanol–water partition coefficient (Wildman–Crippen LogP) is 0.275. The van der Waals surface area contributed by atoms with Crippen LogP contribution in [0.1, 0.15) is 33.1 Å². The quantitative estimate of drug-likeness (QED) is 0.564. The highest BCUT2D eigenvalue weighted by Gasteiger charge is 2.42. The monoisotopic (exact) mass is 351 g/mol. The van der Waals surface area contributed by atoms with E-state index in [-0.39, 0.29) is 16.9 Å². The molecule has 1 unspecified atom stereocenters. The van der Waals surface area contributed by atoms with Gasteiger partial charge in [-0.25, -0.2) is 0 Å². The van der Waals surface area contributed by atoms with E-state index in [4.69, 9.17) is 4.74 Å². The molecule has 0 bridgehead atoms. The van der Waals surface area contributed by atoms with Gasteiger partial charge in [-0.05, 0) is 26.7 Å². The molecule has 3 saturated heterocycles. The topological polar surface area (TPSA) is 69.2 Å². The number of carbonyl (C=O) groups excluding carboxylic acids is 1. The van der Waals surface area contributed by atoms with E-state index in [9.17, 15) is 4.79 Å². The van der Waals surface area contributed by atoms with E-state index in [0.717, 1.165) is 71.3 Å². The first-order valence-corrected chi connectivity index (χ1v) is 9.49. The van der Waals surface area contributed by atoms with Crippen LogP contribution in [-0.4, -0.2) is 86.7 Å². The van der Waals surface area contributed by atoms with Gasteiger partial charge in [-0.3, -0.25) is 14.7 Å². The van der Waals surface area contributed by atoms with Crippen LogP contribution in [0.3, 0.4) is 0 Å². The standard InChI is InChI=1S/C18H33N5O2/c1-17(2)14-25-10-9-23(17)8-6-20-16(19-3)22-7-4-5-18(13-22)11-15(24)21-12-18/h4-14H2,1-3H3,(H,19,20)(H,21,24). The maximum Gasteiger partial charge on any atom is 0.220 e. The first-order chi connectivity index (χ1) is 11.9. The number of hydrogen-bond acceptors (Lipinski definition) is 4. The van der Waals surface area contributed by atoms with Crippen LogP contribution in [0.25, 0.3) is 0 Å². The van der Waals surface area contributed by atoms with Crippen molar-refractivity contribution in [2.24, 2.45) is 10.4 Å². The van der Waals surface area contributed by atoms with Gasteiger partial charge in [0.25, 0.3) is 0 Å². The smallest absolute Gasteiger partial charge is 0.220 e. The van der Waals surface area contributed by atoms with E-state index in [1.807, 2.05) is 7.05 Å². The van der Waals surface area contributed by atoms with Crippen molar-refractivity contribution in [2.75, 3.05) is 59.5 Å². The summed E-state index contributed by atoms with van der Waals surface area (Å²) in [4.78, 5) is 21.0. The molecule has 2 N–H and O–H groups in total. The van der Waals surface area contributed by atoms with Gasteiger partial charge in [0.1, 0.15) is 0 Å². The number of nitrogens with zero attached hydrogens (tertiary/aromatic N) is 3. The second kappa shape index (κ2) is 7.50. The number of guanidine groups is 1. The van der Waals surface area contributed by atoms with Crippen molar-refractivity contribution in [3.63, 3.8) is 0 Å². The average Bonchev–Trinajstić information content (AvgIpc) is 2.92. The number of ether oxygens (including phenoxy) is 1. The number of morpholine rings is 1. The first kappa shape index (κ1) is 18.5. The number of piperidine rings is 1. The molecule has 1 spiro atoms. The van der Waals surface area contributed by atoms with Crippen LogP contribution in [0.4, 0.5) is 0 Å². The van der Waals surface area contributed by atoms with Crippen molar-refractivity contribution in [3.05, 3.63) is 0 Å². The molecule has 1 atom stereocenters. The van der Waals surface area contributed by atoms with Crippen molar-refractivity contribution >= 4 is 11.9 Å². The second-order valence-electron chi connectivity index (χ2n) is 8.30. The van der Waals surface area contributed by atoms with Crippen LogP contribution in [0.2, 0.25) is 0 Å². The van der Waals surface area contributed by atoms with Crippen molar-refractivity contribution in [3.8, 4) is 0 Å². The lowest BCUT2D eigenvalue weighted by Crippen LogP contribution is -2.56. The van der Waals surface area contributed by atoms with Crippen molar-refractivity contribution < 1.29 is 9.53 Å². The van der Waals surface area contributed by atoms with Gasteiger partial charge in [-0.2, -0.15) is 0 Å². The summed E-state index contributed by atoms with van der Waals surface area (Å²) in [5, 5.41) is 6.54. The van der Waals surface area contributed by atoms with E-state index < -0.39 is 0 Å². The Morgan fingerprint density at radius 2 is 2.24 bits per heavy atom.